The van der Waals surface area contributed by atoms with Gasteiger partial charge in [0.05, 0.1) is 5.41 Å². The fraction of sp³-hybridized carbons (Fsp3) is 0.217. The molecule has 3 aromatic rings. The third-order valence-corrected chi connectivity index (χ3v) is 5.64. The molecule has 5 nitrogen and oxygen atoms in total. The Bertz CT molecular complexity index is 1110. The molecule has 146 valence electrons. The lowest BCUT2D eigenvalue weighted by Crippen LogP contribution is -2.27. The van der Waals surface area contributed by atoms with E-state index in [1.165, 1.54) is 12.3 Å². The van der Waals surface area contributed by atoms with Crippen LogP contribution < -0.4 is 14.8 Å². The second-order valence-electron chi connectivity index (χ2n) is 7.50. The number of hydrogen-bond acceptors (Lipinski definition) is 4. The number of nitrogens with one attached hydrogen (secondary N) is 1. The highest BCUT2D eigenvalue weighted by Crippen LogP contribution is 2.51. The summed E-state index contributed by atoms with van der Waals surface area (Å²) in [7, 11) is 0. The molecule has 5 rings (SSSR count). The first-order valence-corrected chi connectivity index (χ1v) is 9.49. The molecule has 0 radical (unpaired) electrons. The summed E-state index contributed by atoms with van der Waals surface area (Å²) in [4.78, 5) is 16.9. The van der Waals surface area contributed by atoms with Gasteiger partial charge in [-0.05, 0) is 72.9 Å². The van der Waals surface area contributed by atoms with Gasteiger partial charge in [-0.3, -0.25) is 4.79 Å². The molecule has 2 heterocycles. The van der Waals surface area contributed by atoms with Crippen molar-refractivity contribution in [2.45, 2.75) is 25.2 Å². The molecular weight excluding hydrogens is 371 g/mol. The van der Waals surface area contributed by atoms with Crippen LogP contribution in [0.5, 0.6) is 11.5 Å². The van der Waals surface area contributed by atoms with Gasteiger partial charge in [0.1, 0.15) is 0 Å². The summed E-state index contributed by atoms with van der Waals surface area (Å²) in [5.74, 6) is 0.836. The first-order valence-electron chi connectivity index (χ1n) is 9.49. The Morgan fingerprint density at radius 2 is 1.90 bits per heavy atom. The van der Waals surface area contributed by atoms with Crippen LogP contribution in [0.4, 0.5) is 10.1 Å². The molecule has 1 fully saturated rings. The summed E-state index contributed by atoms with van der Waals surface area (Å²) in [5.41, 5.74) is 3.83. The van der Waals surface area contributed by atoms with Gasteiger partial charge < -0.3 is 14.8 Å². The minimum absolute atomic E-state index is 0.0385. The SMILES string of the molecule is Cc1ccc(NC(=O)C2(c3ccc4c(c3)OCO4)CC2)cc1-c1ccc(F)nc1. The van der Waals surface area contributed by atoms with E-state index in [4.69, 9.17) is 9.47 Å². The van der Waals surface area contributed by atoms with Crippen LogP contribution in [-0.4, -0.2) is 17.7 Å². The monoisotopic (exact) mass is 390 g/mol. The zero-order chi connectivity index (χ0) is 20.0. The maximum Gasteiger partial charge on any atom is 0.235 e. The van der Waals surface area contributed by atoms with Crippen molar-refractivity contribution in [3.05, 3.63) is 71.8 Å². The molecule has 0 spiro atoms. The molecule has 0 bridgehead atoms. The second kappa shape index (κ2) is 6.58. The lowest BCUT2D eigenvalue weighted by molar-refractivity contribution is -0.118. The van der Waals surface area contributed by atoms with Crippen LogP contribution in [0, 0.1) is 12.9 Å². The van der Waals surface area contributed by atoms with Crippen molar-refractivity contribution in [2.75, 3.05) is 12.1 Å². The van der Waals surface area contributed by atoms with Gasteiger partial charge in [-0.2, -0.15) is 4.39 Å². The Kier molecular flexibility index (Phi) is 4.01. The molecule has 29 heavy (non-hydrogen) atoms. The van der Waals surface area contributed by atoms with Crippen molar-refractivity contribution in [1.29, 1.82) is 0 Å². The number of aryl methyl sites for hydroxylation is 1. The number of rotatable bonds is 4. The highest BCUT2D eigenvalue weighted by molar-refractivity contribution is 6.02. The molecule has 1 aliphatic carbocycles. The number of pyridine rings is 1. The highest BCUT2D eigenvalue weighted by Gasteiger charge is 2.51. The number of halogens is 1. The van der Waals surface area contributed by atoms with Gasteiger partial charge in [0, 0.05) is 17.4 Å². The number of ether oxygens (including phenoxy) is 2. The number of hydrogen-bond donors (Lipinski definition) is 1. The molecule has 0 atom stereocenters. The largest absolute Gasteiger partial charge is 0.454 e. The quantitative estimate of drug-likeness (QED) is 0.662. The number of fused-ring (bicyclic) bond motifs is 1. The zero-order valence-electron chi connectivity index (χ0n) is 15.9. The molecule has 1 saturated carbocycles. The Hall–Kier alpha value is -3.41. The fourth-order valence-electron chi connectivity index (χ4n) is 3.76. The number of nitrogens with zero attached hydrogens (tertiary/aromatic N) is 1. The van der Waals surface area contributed by atoms with Crippen LogP contribution in [0.15, 0.2) is 54.7 Å². The number of anilines is 1. The van der Waals surface area contributed by atoms with Crippen molar-refractivity contribution in [2.24, 2.45) is 0 Å². The van der Waals surface area contributed by atoms with Gasteiger partial charge >= 0.3 is 0 Å². The van der Waals surface area contributed by atoms with Gasteiger partial charge in [-0.1, -0.05) is 12.1 Å². The van der Waals surface area contributed by atoms with Crippen LogP contribution in [0.25, 0.3) is 11.1 Å². The predicted octanol–water partition coefficient (Wildman–Crippen LogP) is 4.60. The van der Waals surface area contributed by atoms with Crippen molar-refractivity contribution in [3.8, 4) is 22.6 Å². The van der Waals surface area contributed by atoms with Crippen molar-refractivity contribution in [3.63, 3.8) is 0 Å². The summed E-state index contributed by atoms with van der Waals surface area (Å²) in [6.07, 6.45) is 3.08. The third kappa shape index (κ3) is 3.10. The Morgan fingerprint density at radius 3 is 2.66 bits per heavy atom. The van der Waals surface area contributed by atoms with E-state index >= 15 is 0 Å². The Morgan fingerprint density at radius 1 is 1.07 bits per heavy atom. The van der Waals surface area contributed by atoms with Crippen LogP contribution in [0.3, 0.4) is 0 Å². The molecule has 0 unspecified atom stereocenters. The summed E-state index contributed by atoms with van der Waals surface area (Å²) in [5, 5.41) is 3.05. The van der Waals surface area contributed by atoms with E-state index in [2.05, 4.69) is 10.3 Å². The van der Waals surface area contributed by atoms with Gasteiger partial charge in [-0.15, -0.1) is 0 Å². The van der Waals surface area contributed by atoms with E-state index in [1.807, 2.05) is 43.3 Å². The molecule has 2 aromatic carbocycles. The van der Waals surface area contributed by atoms with E-state index in [-0.39, 0.29) is 12.7 Å². The smallest absolute Gasteiger partial charge is 0.235 e. The van der Waals surface area contributed by atoms with Crippen LogP contribution >= 0.6 is 0 Å². The van der Waals surface area contributed by atoms with Crippen LogP contribution in [-0.2, 0) is 10.2 Å². The molecule has 2 aliphatic rings. The molecule has 1 aromatic heterocycles. The van der Waals surface area contributed by atoms with Crippen molar-refractivity contribution in [1.82, 2.24) is 4.98 Å². The predicted molar refractivity (Wildman–Crippen MR) is 106 cm³/mol. The van der Waals surface area contributed by atoms with E-state index in [0.717, 1.165) is 35.1 Å². The van der Waals surface area contributed by atoms with Crippen molar-refractivity contribution < 1.29 is 18.7 Å². The number of aromatic nitrogens is 1. The first-order chi connectivity index (χ1) is 14.0. The maximum atomic E-state index is 13.2. The third-order valence-electron chi connectivity index (χ3n) is 5.64. The van der Waals surface area contributed by atoms with Gasteiger partial charge in [-0.25, -0.2) is 4.98 Å². The number of benzene rings is 2. The second-order valence-corrected chi connectivity index (χ2v) is 7.50. The minimum Gasteiger partial charge on any atom is -0.454 e. The Balaban J connectivity index is 1.41. The van der Waals surface area contributed by atoms with Crippen molar-refractivity contribution >= 4 is 11.6 Å². The summed E-state index contributed by atoms with van der Waals surface area (Å²) < 4.78 is 24.0. The van der Waals surface area contributed by atoms with Gasteiger partial charge in [0.15, 0.2) is 11.5 Å². The average molecular weight is 390 g/mol. The maximum absolute atomic E-state index is 13.2. The topological polar surface area (TPSA) is 60.5 Å². The number of carbonyl (C=O) groups excluding carboxylic acids is 1. The lowest BCUT2D eigenvalue weighted by Gasteiger charge is -2.17. The van der Waals surface area contributed by atoms with Crippen LogP contribution in [0.2, 0.25) is 0 Å². The minimum atomic E-state index is -0.538. The summed E-state index contributed by atoms with van der Waals surface area (Å²) >= 11 is 0. The normalized spacial score (nSPS) is 15.8. The summed E-state index contributed by atoms with van der Waals surface area (Å²) in [6.45, 7) is 2.18. The summed E-state index contributed by atoms with van der Waals surface area (Å²) in [6, 6.07) is 14.4. The lowest BCUT2D eigenvalue weighted by atomic mass is 9.94. The first kappa shape index (κ1) is 17.7. The van der Waals surface area contributed by atoms with E-state index in [1.54, 1.807) is 6.07 Å². The van der Waals surface area contributed by atoms with Crippen LogP contribution in [0.1, 0.15) is 24.0 Å². The molecule has 1 amide bonds. The highest BCUT2D eigenvalue weighted by atomic mass is 19.1. The van der Waals surface area contributed by atoms with E-state index in [0.29, 0.717) is 17.2 Å². The van der Waals surface area contributed by atoms with Gasteiger partial charge in [0.2, 0.25) is 18.6 Å². The van der Waals surface area contributed by atoms with Gasteiger partial charge in [0.25, 0.3) is 0 Å². The van der Waals surface area contributed by atoms with E-state index < -0.39 is 11.4 Å². The number of amides is 1. The molecule has 1 aliphatic heterocycles. The van der Waals surface area contributed by atoms with E-state index in [9.17, 15) is 9.18 Å². The molecule has 0 saturated heterocycles. The zero-order valence-corrected chi connectivity index (χ0v) is 15.9. The number of carbonyl (C=O) groups is 1. The standard InChI is InChI=1S/C23H19FN2O3/c1-14-2-5-17(11-18(14)15-3-7-21(24)25-12-15)26-22(27)23(8-9-23)16-4-6-19-20(10-16)29-13-28-19/h2-7,10-12H,8-9,13H2,1H3,(H,26,27). The average Bonchev–Trinajstić information content (AvgIpc) is 3.41. The molecule has 1 N–H and O–H groups in total. The fourth-order valence-corrected chi connectivity index (χ4v) is 3.76. The molecule has 6 heteroatoms. The molecular formula is C23H19FN2O3. The Labute approximate surface area is 167 Å².